The Morgan fingerprint density at radius 1 is 0.833 bits per heavy atom. The molecule has 5 heteroatoms. The minimum Gasteiger partial charge on any atom is -0.480 e. The predicted octanol–water partition coefficient (Wildman–Crippen LogP) is 6.20. The Morgan fingerprint density at radius 3 is 2.08 bits per heavy atom. The molecule has 36 heavy (non-hydrogen) atoms. The molecule has 0 heterocycles. The lowest BCUT2D eigenvalue weighted by Crippen LogP contribution is -2.42. The second-order valence-corrected chi connectivity index (χ2v) is 9.13. The van der Waals surface area contributed by atoms with Gasteiger partial charge in [0.05, 0.1) is 0 Å². The fraction of sp³-hybridized carbons (Fsp3) is 0.161. The van der Waals surface area contributed by atoms with E-state index in [1.807, 2.05) is 85.8 Å². The van der Waals surface area contributed by atoms with E-state index >= 15 is 0 Å². The largest absolute Gasteiger partial charge is 0.480 e. The minimum absolute atomic E-state index is 0.0828. The van der Waals surface area contributed by atoms with Gasteiger partial charge in [-0.1, -0.05) is 103 Å². The summed E-state index contributed by atoms with van der Waals surface area (Å²) in [6.07, 6.45) is -0.575. The molecular weight excluding hydrogens is 450 g/mol. The van der Waals surface area contributed by atoms with Crippen molar-refractivity contribution >= 4 is 12.1 Å². The van der Waals surface area contributed by atoms with Crippen molar-refractivity contribution in [2.24, 2.45) is 0 Å². The highest BCUT2D eigenvalue weighted by Gasteiger charge is 2.29. The van der Waals surface area contributed by atoms with Crippen LogP contribution in [0.25, 0.3) is 22.3 Å². The summed E-state index contributed by atoms with van der Waals surface area (Å²) in [7, 11) is 0. The van der Waals surface area contributed by atoms with E-state index in [9.17, 15) is 14.7 Å². The lowest BCUT2D eigenvalue weighted by atomic mass is 9.98. The summed E-state index contributed by atoms with van der Waals surface area (Å²) in [6.45, 7) is 2.18. The summed E-state index contributed by atoms with van der Waals surface area (Å²) in [4.78, 5) is 24.5. The third-order valence-corrected chi connectivity index (χ3v) is 6.68. The van der Waals surface area contributed by atoms with E-state index in [0.29, 0.717) is 0 Å². The van der Waals surface area contributed by atoms with E-state index in [2.05, 4.69) is 23.5 Å². The summed E-state index contributed by atoms with van der Waals surface area (Å²) in [5.41, 5.74) is 8.64. The van der Waals surface area contributed by atoms with Crippen LogP contribution in [0.4, 0.5) is 4.79 Å². The quantitative estimate of drug-likeness (QED) is 0.332. The van der Waals surface area contributed by atoms with E-state index in [4.69, 9.17) is 4.74 Å². The van der Waals surface area contributed by atoms with Crippen molar-refractivity contribution in [2.45, 2.75) is 25.3 Å². The van der Waals surface area contributed by atoms with Gasteiger partial charge in [-0.3, -0.25) is 0 Å². The van der Waals surface area contributed by atoms with Crippen LogP contribution in [-0.4, -0.2) is 29.8 Å². The van der Waals surface area contributed by atoms with Gasteiger partial charge in [0.2, 0.25) is 0 Å². The van der Waals surface area contributed by atoms with Crippen LogP contribution in [-0.2, 0) is 16.0 Å². The number of carboxylic acids is 1. The standard InChI is InChI=1S/C31H27NO4/c1-20-7-6-8-23(17-20)22-15-13-21(14-16-22)18-29(30(33)34)32-31(35)36-19-28-26-11-4-2-9-24(26)25-10-3-5-12-27(25)28/h2-17,28-29H,18-19H2,1H3,(H,32,35)(H,33,34). The van der Waals surface area contributed by atoms with Gasteiger partial charge < -0.3 is 15.2 Å². The van der Waals surface area contributed by atoms with Gasteiger partial charge in [0.1, 0.15) is 12.6 Å². The van der Waals surface area contributed by atoms with Crippen LogP contribution < -0.4 is 5.32 Å². The number of carboxylic acid groups (broad SMARTS) is 1. The summed E-state index contributed by atoms with van der Waals surface area (Å²) < 4.78 is 5.53. The fourth-order valence-corrected chi connectivity index (χ4v) is 4.88. The van der Waals surface area contributed by atoms with Gasteiger partial charge in [0.15, 0.2) is 0 Å². The van der Waals surface area contributed by atoms with Crippen LogP contribution in [0.3, 0.4) is 0 Å². The van der Waals surface area contributed by atoms with E-state index in [-0.39, 0.29) is 18.9 Å². The van der Waals surface area contributed by atoms with Crippen LogP contribution in [0.2, 0.25) is 0 Å². The molecule has 0 aromatic heterocycles. The lowest BCUT2D eigenvalue weighted by Gasteiger charge is -2.17. The molecule has 0 saturated heterocycles. The smallest absolute Gasteiger partial charge is 0.407 e. The SMILES string of the molecule is Cc1cccc(-c2ccc(CC(NC(=O)OCC3c4ccccc4-c4ccccc43)C(=O)O)cc2)c1. The number of hydrogen-bond acceptors (Lipinski definition) is 3. The van der Waals surface area contributed by atoms with Crippen molar-refractivity contribution in [3.05, 3.63) is 119 Å². The second kappa shape index (κ2) is 10.1. The Bertz CT molecular complexity index is 1360. The monoisotopic (exact) mass is 477 g/mol. The first-order valence-electron chi connectivity index (χ1n) is 12.0. The Labute approximate surface area is 210 Å². The first kappa shape index (κ1) is 23.4. The highest BCUT2D eigenvalue weighted by molar-refractivity contribution is 5.81. The number of carbonyl (C=O) groups is 2. The van der Waals surface area contributed by atoms with E-state index in [1.165, 1.54) is 5.56 Å². The average Bonchev–Trinajstić information content (AvgIpc) is 3.21. The molecule has 0 bridgehead atoms. The first-order chi connectivity index (χ1) is 17.5. The molecule has 5 rings (SSSR count). The van der Waals surface area contributed by atoms with E-state index < -0.39 is 18.1 Å². The molecule has 1 amide bonds. The Hall–Kier alpha value is -4.38. The number of aryl methyl sites for hydroxylation is 1. The van der Waals surface area contributed by atoms with Gasteiger partial charge in [-0.15, -0.1) is 0 Å². The third kappa shape index (κ3) is 4.86. The summed E-state index contributed by atoms with van der Waals surface area (Å²) in [6, 6.07) is 31.0. The maximum Gasteiger partial charge on any atom is 0.407 e. The normalized spacial score (nSPS) is 12.9. The molecule has 1 unspecified atom stereocenters. The van der Waals surface area contributed by atoms with Crippen LogP contribution in [0.5, 0.6) is 0 Å². The van der Waals surface area contributed by atoms with E-state index in [1.54, 1.807) is 0 Å². The zero-order valence-corrected chi connectivity index (χ0v) is 20.0. The maximum atomic E-state index is 12.6. The van der Waals surface area contributed by atoms with Crippen molar-refractivity contribution < 1.29 is 19.4 Å². The minimum atomic E-state index is -1.11. The molecule has 0 aliphatic heterocycles. The van der Waals surface area contributed by atoms with Crippen molar-refractivity contribution in [3.8, 4) is 22.3 Å². The summed E-state index contributed by atoms with van der Waals surface area (Å²) in [5, 5.41) is 12.2. The number of carbonyl (C=O) groups excluding carboxylic acids is 1. The fourth-order valence-electron chi connectivity index (χ4n) is 4.88. The molecule has 1 atom stereocenters. The Balaban J connectivity index is 1.23. The number of ether oxygens (including phenoxy) is 1. The number of hydrogen-bond donors (Lipinski definition) is 2. The third-order valence-electron chi connectivity index (χ3n) is 6.68. The van der Waals surface area contributed by atoms with Crippen molar-refractivity contribution in [3.63, 3.8) is 0 Å². The van der Waals surface area contributed by atoms with Crippen LogP contribution in [0.1, 0.15) is 28.2 Å². The molecule has 4 aromatic carbocycles. The van der Waals surface area contributed by atoms with Crippen LogP contribution in [0, 0.1) is 6.92 Å². The number of benzene rings is 4. The molecule has 0 fully saturated rings. The predicted molar refractivity (Wildman–Crippen MR) is 140 cm³/mol. The number of aliphatic carboxylic acids is 1. The number of fused-ring (bicyclic) bond motifs is 3. The highest BCUT2D eigenvalue weighted by atomic mass is 16.5. The van der Waals surface area contributed by atoms with Crippen LogP contribution >= 0.6 is 0 Å². The van der Waals surface area contributed by atoms with Crippen molar-refractivity contribution in [2.75, 3.05) is 6.61 Å². The van der Waals surface area contributed by atoms with Crippen molar-refractivity contribution in [1.29, 1.82) is 0 Å². The summed E-state index contributed by atoms with van der Waals surface area (Å²) in [5.74, 6) is -1.19. The molecule has 4 aromatic rings. The number of rotatable bonds is 7. The Kier molecular flexibility index (Phi) is 6.54. The molecule has 2 N–H and O–H groups in total. The molecule has 0 radical (unpaired) electrons. The zero-order valence-electron chi connectivity index (χ0n) is 20.0. The molecule has 0 spiro atoms. The van der Waals surface area contributed by atoms with Crippen molar-refractivity contribution in [1.82, 2.24) is 5.32 Å². The number of alkyl carbamates (subject to hydrolysis) is 1. The molecule has 1 aliphatic carbocycles. The number of nitrogens with one attached hydrogen (secondary N) is 1. The topological polar surface area (TPSA) is 75.6 Å². The van der Waals surface area contributed by atoms with Gasteiger partial charge in [-0.2, -0.15) is 0 Å². The molecular formula is C31H27NO4. The van der Waals surface area contributed by atoms with E-state index in [0.717, 1.165) is 38.9 Å². The second-order valence-electron chi connectivity index (χ2n) is 9.13. The Morgan fingerprint density at radius 2 is 1.47 bits per heavy atom. The van der Waals surface area contributed by atoms with Crippen LogP contribution in [0.15, 0.2) is 97.1 Å². The zero-order chi connectivity index (χ0) is 25.1. The average molecular weight is 478 g/mol. The van der Waals surface area contributed by atoms with Gasteiger partial charge in [0.25, 0.3) is 0 Å². The highest BCUT2D eigenvalue weighted by Crippen LogP contribution is 2.44. The first-order valence-corrected chi connectivity index (χ1v) is 12.0. The molecule has 5 nitrogen and oxygen atoms in total. The van der Waals surface area contributed by atoms with Gasteiger partial charge in [0, 0.05) is 12.3 Å². The van der Waals surface area contributed by atoms with Gasteiger partial charge >= 0.3 is 12.1 Å². The van der Waals surface area contributed by atoms with Gasteiger partial charge in [-0.25, -0.2) is 9.59 Å². The summed E-state index contributed by atoms with van der Waals surface area (Å²) >= 11 is 0. The lowest BCUT2D eigenvalue weighted by molar-refractivity contribution is -0.139. The van der Waals surface area contributed by atoms with Gasteiger partial charge in [-0.05, 0) is 45.9 Å². The number of amides is 1. The maximum absolute atomic E-state index is 12.6. The molecule has 1 aliphatic rings. The molecule has 180 valence electrons. The molecule has 0 saturated carbocycles.